The van der Waals surface area contributed by atoms with E-state index in [1.807, 2.05) is 32.9 Å². The van der Waals surface area contributed by atoms with Crippen LogP contribution in [0.1, 0.15) is 47.4 Å². The van der Waals surface area contributed by atoms with Crippen LogP contribution in [0.15, 0.2) is 41.3 Å². The highest BCUT2D eigenvalue weighted by Crippen LogP contribution is 2.34. The van der Waals surface area contributed by atoms with E-state index in [4.69, 9.17) is 14.4 Å². The molecule has 3 atom stereocenters. The van der Waals surface area contributed by atoms with Crippen LogP contribution in [0.4, 0.5) is 0 Å². The Morgan fingerprint density at radius 2 is 1.79 bits per heavy atom. The molecule has 0 radical (unpaired) electrons. The number of rotatable bonds is 6. The van der Waals surface area contributed by atoms with Crippen molar-refractivity contribution in [2.24, 2.45) is 0 Å². The molecule has 2 heterocycles. The fourth-order valence-electron chi connectivity index (χ4n) is 5.03. The molecule has 3 N–H and O–H groups in total. The van der Waals surface area contributed by atoms with Gasteiger partial charge < -0.3 is 20.1 Å². The number of likely N-dealkylation sites (tertiary alicyclic amines) is 1. The summed E-state index contributed by atoms with van der Waals surface area (Å²) in [5, 5.41) is 21.3. The van der Waals surface area contributed by atoms with Gasteiger partial charge in [-0.05, 0) is 86.9 Å². The topological polar surface area (TPSA) is 157 Å². The molecule has 2 aromatic rings. The smallest absolute Gasteiger partial charge is 0.341 e. The lowest BCUT2D eigenvalue weighted by Gasteiger charge is -2.23. The highest BCUT2D eigenvalue weighted by molar-refractivity contribution is 7.85. The number of carbonyl (C=O) groups is 2. The average Bonchev–Trinajstić information content (AvgIpc) is 3.52. The number of carboxylic acids is 1. The number of benzene rings is 2. The summed E-state index contributed by atoms with van der Waals surface area (Å²) in [6, 6.07) is 11.4. The zero-order valence-electron chi connectivity index (χ0n) is 21.7. The van der Waals surface area contributed by atoms with Crippen LogP contribution in [0.2, 0.25) is 0 Å². The zero-order valence-corrected chi connectivity index (χ0v) is 22.5. The van der Waals surface area contributed by atoms with Crippen molar-refractivity contribution in [2.75, 3.05) is 19.7 Å². The number of carboxylic acid groups (broad SMARTS) is 1. The zero-order chi connectivity index (χ0) is 28.0. The van der Waals surface area contributed by atoms with E-state index >= 15 is 0 Å². The van der Waals surface area contributed by atoms with Crippen molar-refractivity contribution < 1.29 is 32.4 Å². The molecule has 2 aliphatic heterocycles. The largest absolute Gasteiger partial charge is 0.482 e. The molecule has 0 unspecified atom stereocenters. The van der Waals surface area contributed by atoms with Crippen molar-refractivity contribution in [1.82, 2.24) is 10.2 Å². The van der Waals surface area contributed by atoms with Gasteiger partial charge in [0.25, 0.3) is 10.1 Å². The van der Waals surface area contributed by atoms with Gasteiger partial charge in [-0.2, -0.15) is 13.7 Å². The van der Waals surface area contributed by atoms with Crippen LogP contribution in [-0.4, -0.2) is 66.6 Å². The normalized spacial score (nSPS) is 20.8. The van der Waals surface area contributed by atoms with Crippen molar-refractivity contribution in [3.05, 3.63) is 58.7 Å². The number of hydrogen-bond acceptors (Lipinski definition) is 7. The number of nitrogens with one attached hydrogen (secondary N) is 1. The molecule has 0 aromatic heterocycles. The van der Waals surface area contributed by atoms with Crippen LogP contribution in [0.5, 0.6) is 5.75 Å². The maximum atomic E-state index is 12.8. The minimum atomic E-state index is -4.02. The average molecular weight is 544 g/mol. The van der Waals surface area contributed by atoms with Crippen LogP contribution in [0.25, 0.3) is 0 Å². The Hall–Kier alpha value is -3.46. The molecular weight excluding hydrogens is 510 g/mol. The summed E-state index contributed by atoms with van der Waals surface area (Å²) >= 11 is 0. The Balaban J connectivity index is 0.000000304. The standard InChI is InChI=1S/C20H25N3O4.C7H8O3S/c1-12-6-16(27-11-18(24)25)7-13(2)19(12)14-8-17(22-10-14)20(26)23-5-3-4-15(23)9-21;1-6-2-4-7(5-3-6)11(8,9)10/h6-7,14-15,17,22H,3-5,8,10-11H2,1-2H3,(H,24,25);2-5H,1H3,(H,8,9,10)/t14-,15-,17-;/m0./s1. The van der Waals surface area contributed by atoms with Gasteiger partial charge in [-0.3, -0.25) is 9.35 Å². The maximum absolute atomic E-state index is 12.8. The fourth-order valence-corrected chi connectivity index (χ4v) is 5.51. The summed E-state index contributed by atoms with van der Waals surface area (Å²) in [6.45, 7) is 6.81. The van der Waals surface area contributed by atoms with E-state index in [9.17, 15) is 23.3 Å². The van der Waals surface area contributed by atoms with Gasteiger partial charge in [-0.1, -0.05) is 17.7 Å². The number of carbonyl (C=O) groups excluding carboxylic acids is 1. The molecule has 0 aliphatic carbocycles. The number of hydrogen-bond donors (Lipinski definition) is 3. The Morgan fingerprint density at radius 3 is 2.34 bits per heavy atom. The van der Waals surface area contributed by atoms with Gasteiger partial charge in [0, 0.05) is 13.1 Å². The number of ether oxygens (including phenoxy) is 1. The van der Waals surface area contributed by atoms with Crippen molar-refractivity contribution >= 4 is 22.0 Å². The number of amides is 1. The Labute approximate surface area is 223 Å². The first-order valence-corrected chi connectivity index (χ1v) is 13.8. The molecule has 11 heteroatoms. The molecule has 0 saturated carbocycles. The van der Waals surface area contributed by atoms with E-state index in [0.29, 0.717) is 25.3 Å². The molecule has 38 heavy (non-hydrogen) atoms. The number of nitriles is 1. The Bertz CT molecular complexity index is 1300. The van der Waals surface area contributed by atoms with Gasteiger partial charge >= 0.3 is 5.97 Å². The molecular formula is C27H33N3O7S. The summed E-state index contributed by atoms with van der Waals surface area (Å²) in [5.74, 6) is -0.231. The van der Waals surface area contributed by atoms with Crippen molar-refractivity contribution in [2.45, 2.75) is 62.9 Å². The van der Waals surface area contributed by atoms with E-state index in [1.165, 1.54) is 17.7 Å². The third-order valence-corrected chi connectivity index (χ3v) is 7.64. The molecule has 2 aliphatic rings. The van der Waals surface area contributed by atoms with E-state index in [-0.39, 0.29) is 35.4 Å². The molecule has 204 valence electrons. The van der Waals surface area contributed by atoms with Crippen molar-refractivity contribution in [3.63, 3.8) is 0 Å². The van der Waals surface area contributed by atoms with Gasteiger partial charge in [0.2, 0.25) is 5.91 Å². The van der Waals surface area contributed by atoms with E-state index in [2.05, 4.69) is 11.4 Å². The summed E-state index contributed by atoms with van der Waals surface area (Å²) in [4.78, 5) is 25.1. The molecule has 4 rings (SSSR count). The lowest BCUT2D eigenvalue weighted by atomic mass is 9.88. The lowest BCUT2D eigenvalue weighted by Crippen LogP contribution is -2.45. The van der Waals surface area contributed by atoms with Gasteiger partial charge in [0.05, 0.1) is 17.0 Å². The highest BCUT2D eigenvalue weighted by Gasteiger charge is 2.38. The van der Waals surface area contributed by atoms with E-state index < -0.39 is 16.1 Å². The minimum Gasteiger partial charge on any atom is -0.482 e. The number of aryl methyl sites for hydroxylation is 3. The fraction of sp³-hybridized carbons (Fsp3) is 0.444. The van der Waals surface area contributed by atoms with Crippen molar-refractivity contribution in [1.29, 1.82) is 5.26 Å². The second-order valence-electron chi connectivity index (χ2n) is 9.65. The van der Waals surface area contributed by atoms with Gasteiger partial charge in [0.15, 0.2) is 6.61 Å². The Morgan fingerprint density at radius 1 is 1.16 bits per heavy atom. The second-order valence-corrected chi connectivity index (χ2v) is 11.1. The van der Waals surface area contributed by atoms with E-state index in [0.717, 1.165) is 29.5 Å². The molecule has 1 amide bonds. The predicted octanol–water partition coefficient (Wildman–Crippen LogP) is 2.97. The summed E-state index contributed by atoms with van der Waals surface area (Å²) in [7, 11) is -4.02. The summed E-state index contributed by atoms with van der Waals surface area (Å²) in [6.07, 6.45) is 2.34. The molecule has 2 fully saturated rings. The van der Waals surface area contributed by atoms with Crippen LogP contribution < -0.4 is 10.1 Å². The SMILES string of the molecule is Cc1cc(OCC(=O)O)cc(C)c1[C@@H]1CN[C@H](C(=O)N2CCC[C@H]2C#N)C1.Cc1ccc(S(=O)(=O)O)cc1. The first kappa shape index (κ1) is 29.1. The Kier molecular flexibility index (Phi) is 9.49. The van der Waals surface area contributed by atoms with Crippen LogP contribution in [-0.2, 0) is 19.7 Å². The molecule has 2 saturated heterocycles. The lowest BCUT2D eigenvalue weighted by molar-refractivity contribution is -0.139. The summed E-state index contributed by atoms with van der Waals surface area (Å²) in [5.41, 5.74) is 4.20. The predicted molar refractivity (Wildman–Crippen MR) is 140 cm³/mol. The van der Waals surface area contributed by atoms with Gasteiger partial charge in [0.1, 0.15) is 11.8 Å². The molecule has 0 spiro atoms. The third kappa shape index (κ3) is 7.31. The minimum absolute atomic E-state index is 0.0262. The maximum Gasteiger partial charge on any atom is 0.341 e. The molecule has 0 bridgehead atoms. The quantitative estimate of drug-likeness (QED) is 0.466. The second kappa shape index (κ2) is 12.4. The van der Waals surface area contributed by atoms with Crippen LogP contribution in [0, 0.1) is 32.1 Å². The molecule has 10 nitrogen and oxygen atoms in total. The van der Waals surface area contributed by atoms with Gasteiger partial charge in [-0.25, -0.2) is 4.79 Å². The number of aliphatic carboxylic acids is 1. The monoisotopic (exact) mass is 543 g/mol. The van der Waals surface area contributed by atoms with Gasteiger partial charge in [-0.15, -0.1) is 0 Å². The highest BCUT2D eigenvalue weighted by atomic mass is 32.2. The van der Waals surface area contributed by atoms with Crippen LogP contribution in [0.3, 0.4) is 0 Å². The summed E-state index contributed by atoms with van der Waals surface area (Å²) < 4.78 is 34.8. The first-order chi connectivity index (χ1) is 17.9. The third-order valence-electron chi connectivity index (χ3n) is 6.77. The first-order valence-electron chi connectivity index (χ1n) is 12.3. The van der Waals surface area contributed by atoms with Crippen molar-refractivity contribution in [3.8, 4) is 11.8 Å². The van der Waals surface area contributed by atoms with E-state index in [1.54, 1.807) is 17.0 Å². The number of nitrogens with zero attached hydrogens (tertiary/aromatic N) is 2. The molecule has 2 aromatic carbocycles. The van der Waals surface area contributed by atoms with Crippen LogP contribution >= 0.6 is 0 Å².